The molecule has 0 bridgehead atoms. The number of nitro groups is 1. The number of oxime groups is 1. The average Bonchev–Trinajstić information content (AvgIpc) is 3.45. The van der Waals surface area contributed by atoms with Gasteiger partial charge in [-0.2, -0.15) is 0 Å². The van der Waals surface area contributed by atoms with Crippen LogP contribution in [-0.2, 0) is 27.5 Å². The van der Waals surface area contributed by atoms with Gasteiger partial charge in [0.15, 0.2) is 0 Å². The van der Waals surface area contributed by atoms with Crippen molar-refractivity contribution >= 4 is 23.6 Å². The molecule has 75 heavy (non-hydrogen) atoms. The summed E-state index contributed by atoms with van der Waals surface area (Å²) in [4.78, 5) is 46.9. The van der Waals surface area contributed by atoms with Crippen LogP contribution in [0.15, 0.2) is 109 Å². The Morgan fingerprint density at radius 3 is 2.24 bits per heavy atom. The number of carbonyl (C=O) groups excluding carboxylic acids is 2. The average molecular weight is 1040 g/mol. The van der Waals surface area contributed by atoms with Crippen LogP contribution in [0, 0.1) is 33.7 Å². The van der Waals surface area contributed by atoms with Crippen LogP contribution in [0.25, 0.3) is 0 Å². The minimum Gasteiger partial charge on any atom is -0.459 e. The summed E-state index contributed by atoms with van der Waals surface area (Å²) in [6.07, 6.45) is 20.4. The van der Waals surface area contributed by atoms with Gasteiger partial charge in [0.25, 0.3) is 5.69 Å². The zero-order valence-electron chi connectivity index (χ0n) is 43.8. The summed E-state index contributed by atoms with van der Waals surface area (Å²) in [6.45, 7) is 10.5. The van der Waals surface area contributed by atoms with Crippen LogP contribution < -0.4 is 14.8 Å². The van der Waals surface area contributed by atoms with E-state index in [9.17, 15) is 34.3 Å². The van der Waals surface area contributed by atoms with E-state index in [0.717, 1.165) is 36.8 Å². The lowest BCUT2D eigenvalue weighted by Gasteiger charge is -2.59. The summed E-state index contributed by atoms with van der Waals surface area (Å²) in [5, 5.41) is 39.3. The van der Waals surface area contributed by atoms with Crippen molar-refractivity contribution in [3.8, 4) is 11.5 Å². The second kappa shape index (κ2) is 30.5. The molecule has 3 aromatic carbocycles. The predicted octanol–water partition coefficient (Wildman–Crippen LogP) is 12.8. The molecule has 3 aliphatic rings. The molecule has 6 rings (SSSR count). The highest BCUT2D eigenvalue weighted by Crippen LogP contribution is 2.62. The van der Waals surface area contributed by atoms with E-state index in [1.54, 1.807) is 53.5 Å². The number of aliphatic hydroxyl groups excluding tert-OH is 2. The van der Waals surface area contributed by atoms with Crippen molar-refractivity contribution in [1.82, 2.24) is 10.2 Å². The molecular weight excluding hydrogens is 960 g/mol. The number of fused-ring (bicyclic) bond motifs is 2. The van der Waals surface area contributed by atoms with Crippen LogP contribution in [0.2, 0.25) is 0 Å². The fraction of sp³-hybridized carbons (Fsp3) is 0.542. The molecule has 1 heterocycles. The number of aliphatic hydroxyl groups is 2. The van der Waals surface area contributed by atoms with Crippen LogP contribution in [0.5, 0.6) is 11.5 Å². The lowest BCUT2D eigenvalue weighted by molar-refractivity contribution is -0.384. The van der Waals surface area contributed by atoms with Crippen LogP contribution in [0.3, 0.4) is 0 Å². The molecule has 6 atom stereocenters. The van der Waals surface area contributed by atoms with Crippen molar-refractivity contribution in [2.75, 3.05) is 33.0 Å². The molecule has 1 saturated carbocycles. The van der Waals surface area contributed by atoms with Crippen molar-refractivity contribution in [2.24, 2.45) is 22.9 Å². The van der Waals surface area contributed by atoms with Crippen molar-refractivity contribution in [1.29, 1.82) is 0 Å². The number of hydrogen-bond acceptors (Lipinski definition) is 12. The molecule has 0 spiro atoms. The van der Waals surface area contributed by atoms with E-state index in [2.05, 4.69) is 31.5 Å². The SMILES string of the molecule is C=CCCOC(=O)N(Cc1ccc(F)cc1)[C@H]1CC(=NOCc2ccc([N+](=O)[O-])cc2)C2=C[C@H](CCCCO)[C@@H](CCCCO)[C@@H]3c4cc(OC(=O)NCCCCCCCCCCCC)ccc4O[C@@]1(OCC=C)[C@H]23. The summed E-state index contributed by atoms with van der Waals surface area (Å²) in [5.41, 5.74) is 3.22. The molecule has 3 N–H and O–H groups in total. The highest BCUT2D eigenvalue weighted by atomic mass is 19.1. The van der Waals surface area contributed by atoms with E-state index in [4.69, 9.17) is 28.9 Å². The number of nitrogens with zero attached hydrogens (tertiary/aromatic N) is 3. The number of benzene rings is 3. The summed E-state index contributed by atoms with van der Waals surface area (Å²) < 4.78 is 40.8. The molecule has 0 aromatic heterocycles. The minimum atomic E-state index is -1.65. The van der Waals surface area contributed by atoms with Gasteiger partial charge in [0.2, 0.25) is 5.79 Å². The van der Waals surface area contributed by atoms with Gasteiger partial charge in [-0.3, -0.25) is 15.0 Å². The summed E-state index contributed by atoms with van der Waals surface area (Å²) in [7, 11) is 0. The Labute approximate surface area is 442 Å². The molecule has 0 saturated heterocycles. The van der Waals surface area contributed by atoms with Gasteiger partial charge in [0.05, 0.1) is 29.8 Å². The predicted molar refractivity (Wildman–Crippen MR) is 287 cm³/mol. The Kier molecular flexibility index (Phi) is 23.6. The maximum absolute atomic E-state index is 14.8. The Hall–Kier alpha value is -6.10. The standard InChI is InChI=1S/C59H79FN4O11/c1-4-7-9-10-11-12-13-14-15-18-33-61-57(67)74-48-31-32-53-51(39-48)55-49(22-17-20-35-66)45(21-16-19-34-65)38-50-52(62-73-42-44-25-29-47(30-26-44)64(69)70)40-54(59(75-53,56(50)55)72-36-6-3)63(58(68)71-37-8-5-2)41-43-23-27-46(60)28-24-43/h5-6,23-32,38-39,45,49,54-56,65-66H,2-4,7-22,33-37,40-42H2,1H3,(H,61,67)/t45-,49+,54-,55+,56+,59+/m0/s1. The summed E-state index contributed by atoms with van der Waals surface area (Å²) >= 11 is 0. The number of ether oxygens (including phenoxy) is 4. The molecule has 408 valence electrons. The molecule has 15 nitrogen and oxygen atoms in total. The van der Waals surface area contributed by atoms with E-state index in [1.165, 1.54) is 69.2 Å². The number of halogens is 1. The number of nitrogens with one attached hydrogen (secondary N) is 1. The van der Waals surface area contributed by atoms with Gasteiger partial charge in [0.1, 0.15) is 30.0 Å². The van der Waals surface area contributed by atoms with Crippen molar-refractivity contribution < 1.29 is 52.9 Å². The Balaban J connectivity index is 1.44. The molecular formula is C59H79FN4O11. The molecule has 3 aromatic rings. The maximum Gasteiger partial charge on any atom is 0.412 e. The van der Waals surface area contributed by atoms with E-state index in [1.807, 2.05) is 6.07 Å². The van der Waals surface area contributed by atoms with E-state index in [-0.39, 0.29) is 63.5 Å². The number of amides is 2. The number of nitro benzene ring substituents is 1. The number of hydrogen-bond donors (Lipinski definition) is 3. The number of allylic oxidation sites excluding steroid dienone is 1. The lowest BCUT2D eigenvalue weighted by atomic mass is 9.55. The first kappa shape index (κ1) is 58.2. The fourth-order valence-corrected chi connectivity index (χ4v) is 11.0. The Bertz CT molecular complexity index is 2360. The number of unbranched alkanes of at least 4 members (excludes halogenated alkanes) is 11. The number of rotatable bonds is 33. The van der Waals surface area contributed by atoms with Gasteiger partial charge in [-0.15, -0.1) is 13.2 Å². The van der Waals surface area contributed by atoms with E-state index < -0.39 is 46.6 Å². The van der Waals surface area contributed by atoms with Crippen LogP contribution in [0.4, 0.5) is 19.7 Å². The van der Waals surface area contributed by atoms with Crippen LogP contribution in [0.1, 0.15) is 145 Å². The molecule has 0 radical (unpaired) electrons. The molecule has 1 aliphatic heterocycles. The largest absolute Gasteiger partial charge is 0.459 e. The van der Waals surface area contributed by atoms with Crippen LogP contribution >= 0.6 is 0 Å². The van der Waals surface area contributed by atoms with Gasteiger partial charge in [0, 0.05) is 56.3 Å². The normalized spacial score (nSPS) is 20.9. The zero-order valence-corrected chi connectivity index (χ0v) is 43.8. The molecule has 16 heteroatoms. The molecule has 0 unspecified atom stereocenters. The van der Waals surface area contributed by atoms with Gasteiger partial charge >= 0.3 is 12.2 Å². The zero-order chi connectivity index (χ0) is 53.4. The first-order valence-corrected chi connectivity index (χ1v) is 27.2. The monoisotopic (exact) mass is 1040 g/mol. The minimum absolute atomic E-state index is 0.00663. The Morgan fingerprint density at radius 2 is 1.57 bits per heavy atom. The third kappa shape index (κ3) is 16.2. The van der Waals surface area contributed by atoms with Crippen molar-refractivity contribution in [3.63, 3.8) is 0 Å². The second-order valence-corrected chi connectivity index (χ2v) is 19.9. The first-order chi connectivity index (χ1) is 36.6. The quantitative estimate of drug-likeness (QED) is 0.0228. The Morgan fingerprint density at radius 1 is 0.893 bits per heavy atom. The number of carbonyl (C=O) groups is 2. The van der Waals surface area contributed by atoms with Gasteiger partial charge in [-0.25, -0.2) is 14.0 Å². The smallest absolute Gasteiger partial charge is 0.412 e. The number of non-ortho nitro benzene ring substituents is 1. The highest BCUT2D eigenvalue weighted by Gasteiger charge is 2.65. The third-order valence-electron chi connectivity index (χ3n) is 14.6. The first-order valence-electron chi connectivity index (χ1n) is 27.2. The molecule has 2 aliphatic carbocycles. The van der Waals surface area contributed by atoms with Gasteiger partial charge in [-0.1, -0.05) is 113 Å². The van der Waals surface area contributed by atoms with Crippen LogP contribution in [-0.4, -0.2) is 82.7 Å². The topological polar surface area (TPSA) is 192 Å². The molecule has 2 amide bonds. The summed E-state index contributed by atoms with van der Waals surface area (Å²) in [6, 6.07) is 16.2. The second-order valence-electron chi connectivity index (χ2n) is 19.9. The lowest BCUT2D eigenvalue weighted by Crippen LogP contribution is -2.70. The van der Waals surface area contributed by atoms with E-state index in [0.29, 0.717) is 73.4 Å². The fourth-order valence-electron chi connectivity index (χ4n) is 11.0. The maximum atomic E-state index is 14.8. The van der Waals surface area contributed by atoms with Gasteiger partial charge < -0.3 is 39.3 Å². The molecule has 1 fully saturated rings. The van der Waals surface area contributed by atoms with Gasteiger partial charge in [-0.05, 0) is 110 Å². The van der Waals surface area contributed by atoms with Crippen molar-refractivity contribution in [2.45, 2.75) is 153 Å². The van der Waals surface area contributed by atoms with E-state index >= 15 is 0 Å². The summed E-state index contributed by atoms with van der Waals surface area (Å²) in [5.74, 6) is -2.64. The van der Waals surface area contributed by atoms with Crippen molar-refractivity contribution in [3.05, 3.63) is 136 Å². The third-order valence-corrected chi connectivity index (χ3v) is 14.6. The highest BCUT2D eigenvalue weighted by molar-refractivity contribution is 6.03.